The van der Waals surface area contributed by atoms with E-state index in [0.29, 0.717) is 24.4 Å². The molecule has 6 heteroatoms. The maximum Gasteiger partial charge on any atom is 0.244 e. The van der Waals surface area contributed by atoms with Crippen LogP contribution >= 0.6 is 15.9 Å². The van der Waals surface area contributed by atoms with Gasteiger partial charge in [0.25, 0.3) is 0 Å². The first-order chi connectivity index (χ1) is 14.3. The third-order valence-corrected chi connectivity index (χ3v) is 8.13. The first-order valence-electron chi connectivity index (χ1n) is 11.2. The van der Waals surface area contributed by atoms with E-state index in [0.717, 1.165) is 24.7 Å². The lowest BCUT2D eigenvalue weighted by Gasteiger charge is -2.60. The summed E-state index contributed by atoms with van der Waals surface area (Å²) in [5.41, 5.74) is 0.756. The number of amides is 2. The Morgan fingerprint density at radius 3 is 2.53 bits per heavy atom. The molecule has 5 rings (SSSR count). The van der Waals surface area contributed by atoms with E-state index in [1.807, 2.05) is 24.3 Å². The number of rotatable bonds is 8. The molecule has 4 aliphatic rings. The number of anilines is 1. The molecule has 1 N–H and O–H groups in total. The molecular formula is C24H33BrN2O3. The van der Waals surface area contributed by atoms with Crippen LogP contribution in [0.5, 0.6) is 5.75 Å². The van der Waals surface area contributed by atoms with Crippen LogP contribution in [0.4, 0.5) is 5.69 Å². The Morgan fingerprint density at radius 2 is 1.90 bits per heavy atom. The van der Waals surface area contributed by atoms with E-state index in [1.165, 1.54) is 32.1 Å². The summed E-state index contributed by atoms with van der Waals surface area (Å²) < 4.78 is 5.56. The number of nitrogens with zero attached hydrogens (tertiary/aromatic N) is 1. The highest BCUT2D eigenvalue weighted by Crippen LogP contribution is 2.65. The molecule has 0 saturated heterocycles. The van der Waals surface area contributed by atoms with Gasteiger partial charge in [-0.2, -0.15) is 0 Å². The lowest BCUT2D eigenvalue weighted by Crippen LogP contribution is -2.54. The van der Waals surface area contributed by atoms with Crippen molar-refractivity contribution in [2.75, 3.05) is 25.5 Å². The van der Waals surface area contributed by atoms with Gasteiger partial charge in [-0.1, -0.05) is 35.0 Å². The summed E-state index contributed by atoms with van der Waals surface area (Å²) in [6.45, 7) is 2.75. The van der Waals surface area contributed by atoms with Gasteiger partial charge in [-0.05, 0) is 74.3 Å². The van der Waals surface area contributed by atoms with Crippen molar-refractivity contribution < 1.29 is 14.3 Å². The molecule has 2 atom stereocenters. The van der Waals surface area contributed by atoms with Crippen LogP contribution in [0.15, 0.2) is 24.3 Å². The minimum absolute atomic E-state index is 0.0904. The summed E-state index contributed by atoms with van der Waals surface area (Å²) in [6.07, 6.45) is 8.74. The van der Waals surface area contributed by atoms with Crippen molar-refractivity contribution in [3.8, 4) is 5.75 Å². The number of benzene rings is 1. The summed E-state index contributed by atoms with van der Waals surface area (Å²) in [7, 11) is 1.58. The molecule has 164 valence electrons. The molecular weight excluding hydrogens is 444 g/mol. The zero-order chi connectivity index (χ0) is 21.4. The van der Waals surface area contributed by atoms with Crippen LogP contribution in [0.25, 0.3) is 0 Å². The van der Waals surface area contributed by atoms with Crippen molar-refractivity contribution in [3.05, 3.63) is 24.3 Å². The zero-order valence-corrected chi connectivity index (χ0v) is 19.7. The van der Waals surface area contributed by atoms with Crippen LogP contribution in [0, 0.1) is 17.3 Å². The molecule has 1 aromatic rings. The minimum atomic E-state index is -0.177. The van der Waals surface area contributed by atoms with E-state index in [4.69, 9.17) is 4.74 Å². The van der Waals surface area contributed by atoms with Gasteiger partial charge in [0.15, 0.2) is 0 Å². The quantitative estimate of drug-likeness (QED) is 0.537. The molecule has 2 amide bonds. The van der Waals surface area contributed by atoms with E-state index < -0.39 is 0 Å². The van der Waals surface area contributed by atoms with Crippen LogP contribution in [-0.2, 0) is 9.59 Å². The number of carbonyl (C=O) groups excluding carboxylic acids is 2. The number of halogens is 1. The normalized spacial score (nSPS) is 31.4. The predicted molar refractivity (Wildman–Crippen MR) is 122 cm³/mol. The molecule has 0 spiro atoms. The third kappa shape index (κ3) is 4.53. The van der Waals surface area contributed by atoms with Crippen LogP contribution in [0.2, 0.25) is 0 Å². The number of alkyl halides is 1. The zero-order valence-electron chi connectivity index (χ0n) is 18.1. The van der Waals surface area contributed by atoms with Gasteiger partial charge in [-0.3, -0.25) is 9.59 Å². The van der Waals surface area contributed by atoms with Gasteiger partial charge in [0.1, 0.15) is 5.75 Å². The van der Waals surface area contributed by atoms with Crippen molar-refractivity contribution in [1.82, 2.24) is 4.90 Å². The number of hydrogen-bond acceptors (Lipinski definition) is 3. The largest absolute Gasteiger partial charge is 0.495 e. The molecule has 2 unspecified atom stereocenters. The van der Waals surface area contributed by atoms with Crippen molar-refractivity contribution in [3.63, 3.8) is 0 Å². The SMILES string of the molecule is CCCN(CC(=O)Nc1ccccc1OC)C(=O)CC12CC3CC(CC(Br)(C3)C1)C2. The molecule has 4 bridgehead atoms. The molecule has 0 heterocycles. The molecule has 30 heavy (non-hydrogen) atoms. The molecule has 0 aromatic heterocycles. The van der Waals surface area contributed by atoms with Gasteiger partial charge < -0.3 is 15.0 Å². The Hall–Kier alpha value is -1.56. The standard InChI is InChI=1S/C24H33BrN2O3/c1-3-8-27(15-21(28)26-19-6-4-5-7-20(19)30-2)22(29)14-23-10-17-9-18(11-23)13-24(25,12-17)16-23/h4-7,17-18H,3,8-16H2,1-2H3,(H,26,28). The molecule has 5 nitrogen and oxygen atoms in total. The molecule has 1 aromatic carbocycles. The summed E-state index contributed by atoms with van der Waals surface area (Å²) in [5, 5.41) is 2.91. The fraction of sp³-hybridized carbons (Fsp3) is 0.667. The van der Waals surface area contributed by atoms with Crippen LogP contribution in [0.1, 0.15) is 58.3 Å². The van der Waals surface area contributed by atoms with Crippen molar-refractivity contribution in [2.24, 2.45) is 17.3 Å². The first kappa shape index (κ1) is 21.7. The van der Waals surface area contributed by atoms with Gasteiger partial charge in [-0.15, -0.1) is 0 Å². The molecule has 0 radical (unpaired) electrons. The number of para-hydroxylation sites is 2. The Morgan fingerprint density at radius 1 is 1.20 bits per heavy atom. The third-order valence-electron chi connectivity index (χ3n) is 7.20. The number of carbonyl (C=O) groups is 2. The Kier molecular flexibility index (Phi) is 6.16. The average molecular weight is 477 g/mol. The second-order valence-electron chi connectivity index (χ2n) is 9.85. The van der Waals surface area contributed by atoms with Gasteiger partial charge in [-0.25, -0.2) is 0 Å². The van der Waals surface area contributed by atoms with Crippen molar-refractivity contribution in [1.29, 1.82) is 0 Å². The second kappa shape index (κ2) is 8.52. The summed E-state index contributed by atoms with van der Waals surface area (Å²) in [5.74, 6) is 2.09. The van der Waals surface area contributed by atoms with Gasteiger partial charge in [0.2, 0.25) is 11.8 Å². The highest BCUT2D eigenvalue weighted by atomic mass is 79.9. The average Bonchev–Trinajstić information content (AvgIpc) is 2.65. The van der Waals surface area contributed by atoms with Crippen LogP contribution < -0.4 is 10.1 Å². The number of nitrogens with one attached hydrogen (secondary N) is 1. The lowest BCUT2D eigenvalue weighted by atomic mass is 9.48. The molecule has 4 saturated carbocycles. The monoisotopic (exact) mass is 476 g/mol. The fourth-order valence-electron chi connectivity index (χ4n) is 6.65. The Bertz CT molecular complexity index is 797. The van der Waals surface area contributed by atoms with E-state index >= 15 is 0 Å². The summed E-state index contributed by atoms with van der Waals surface area (Å²) in [6, 6.07) is 7.35. The van der Waals surface area contributed by atoms with Crippen LogP contribution in [0.3, 0.4) is 0 Å². The van der Waals surface area contributed by atoms with E-state index in [1.54, 1.807) is 12.0 Å². The van der Waals surface area contributed by atoms with Crippen molar-refractivity contribution >= 4 is 33.4 Å². The minimum Gasteiger partial charge on any atom is -0.495 e. The van der Waals surface area contributed by atoms with Crippen LogP contribution in [-0.4, -0.2) is 41.2 Å². The molecule has 0 aliphatic heterocycles. The lowest BCUT2D eigenvalue weighted by molar-refractivity contribution is -0.141. The van der Waals surface area contributed by atoms with Gasteiger partial charge in [0, 0.05) is 17.3 Å². The highest BCUT2D eigenvalue weighted by molar-refractivity contribution is 9.10. The maximum absolute atomic E-state index is 13.3. The fourth-order valence-corrected chi connectivity index (χ4v) is 8.16. The molecule has 4 aliphatic carbocycles. The second-order valence-corrected chi connectivity index (χ2v) is 11.5. The maximum atomic E-state index is 13.3. The summed E-state index contributed by atoms with van der Waals surface area (Å²) in [4.78, 5) is 27.8. The number of hydrogen-bond donors (Lipinski definition) is 1. The predicted octanol–water partition coefficient (Wildman–Crippen LogP) is 5.00. The van der Waals surface area contributed by atoms with E-state index in [9.17, 15) is 9.59 Å². The van der Waals surface area contributed by atoms with Gasteiger partial charge >= 0.3 is 0 Å². The number of methoxy groups -OCH3 is 1. The first-order valence-corrected chi connectivity index (χ1v) is 12.0. The van der Waals surface area contributed by atoms with Gasteiger partial charge in [0.05, 0.1) is 19.3 Å². The highest BCUT2D eigenvalue weighted by Gasteiger charge is 2.57. The van der Waals surface area contributed by atoms with E-state index in [-0.39, 0.29) is 28.1 Å². The number of ether oxygens (including phenoxy) is 1. The smallest absolute Gasteiger partial charge is 0.244 e. The topological polar surface area (TPSA) is 58.6 Å². The summed E-state index contributed by atoms with van der Waals surface area (Å²) >= 11 is 4.04. The van der Waals surface area contributed by atoms with Crippen molar-refractivity contribution in [2.45, 2.75) is 62.6 Å². The Labute approximate surface area is 188 Å². The molecule has 4 fully saturated rings. The Balaban J connectivity index is 1.41. The van der Waals surface area contributed by atoms with E-state index in [2.05, 4.69) is 28.2 Å².